The Kier molecular flexibility index (Phi) is 4.75. The first-order valence-corrected chi connectivity index (χ1v) is 7.03. The van der Waals surface area contributed by atoms with Crippen molar-refractivity contribution in [1.82, 2.24) is 0 Å². The van der Waals surface area contributed by atoms with E-state index in [4.69, 9.17) is 5.73 Å². The van der Waals surface area contributed by atoms with Crippen molar-refractivity contribution in [2.24, 2.45) is 11.7 Å². The Morgan fingerprint density at radius 3 is 1.89 bits per heavy atom. The molecule has 2 unspecified atom stereocenters. The minimum atomic E-state index is 0.183. The molecule has 100 valence electrons. The molecule has 0 bridgehead atoms. The van der Waals surface area contributed by atoms with E-state index in [0.29, 0.717) is 11.8 Å². The predicted molar refractivity (Wildman–Crippen MR) is 82.1 cm³/mol. The van der Waals surface area contributed by atoms with Gasteiger partial charge in [-0.3, -0.25) is 0 Å². The van der Waals surface area contributed by atoms with E-state index in [2.05, 4.69) is 74.5 Å². The van der Waals surface area contributed by atoms with Crippen molar-refractivity contribution in [2.45, 2.75) is 32.2 Å². The van der Waals surface area contributed by atoms with E-state index in [9.17, 15) is 0 Å². The minimum absolute atomic E-state index is 0.183. The molecule has 2 aromatic rings. The molecule has 0 saturated carbocycles. The van der Waals surface area contributed by atoms with E-state index in [1.165, 1.54) is 11.1 Å². The van der Waals surface area contributed by atoms with Crippen LogP contribution in [0.5, 0.6) is 0 Å². The van der Waals surface area contributed by atoms with Gasteiger partial charge in [-0.15, -0.1) is 0 Å². The van der Waals surface area contributed by atoms with Crippen molar-refractivity contribution in [1.29, 1.82) is 0 Å². The van der Waals surface area contributed by atoms with E-state index in [0.717, 1.165) is 6.42 Å². The molecule has 2 atom stereocenters. The molecule has 2 rings (SSSR count). The molecule has 0 amide bonds. The van der Waals surface area contributed by atoms with E-state index in [1.54, 1.807) is 0 Å². The molecule has 0 aliphatic rings. The van der Waals surface area contributed by atoms with Crippen LogP contribution in [0.2, 0.25) is 0 Å². The molecule has 0 fully saturated rings. The lowest BCUT2D eigenvalue weighted by Gasteiger charge is -2.27. The number of hydrogen-bond donors (Lipinski definition) is 1. The van der Waals surface area contributed by atoms with Crippen LogP contribution in [0.15, 0.2) is 60.7 Å². The summed E-state index contributed by atoms with van der Waals surface area (Å²) in [5, 5.41) is 0. The van der Waals surface area contributed by atoms with Gasteiger partial charge in [-0.05, 0) is 23.5 Å². The third-order valence-electron chi connectivity index (χ3n) is 3.76. The van der Waals surface area contributed by atoms with Crippen LogP contribution in [0.4, 0.5) is 0 Å². The molecule has 0 radical (unpaired) electrons. The second-order valence-corrected chi connectivity index (χ2v) is 5.53. The zero-order chi connectivity index (χ0) is 13.7. The normalized spacial score (nSPS) is 14.3. The van der Waals surface area contributed by atoms with Gasteiger partial charge in [0, 0.05) is 12.0 Å². The molecule has 0 aliphatic carbocycles. The van der Waals surface area contributed by atoms with Gasteiger partial charge in [0.05, 0.1) is 0 Å². The Labute approximate surface area is 116 Å². The Morgan fingerprint density at radius 2 is 1.37 bits per heavy atom. The summed E-state index contributed by atoms with van der Waals surface area (Å²) in [5.41, 5.74) is 9.14. The van der Waals surface area contributed by atoms with E-state index in [1.807, 2.05) is 0 Å². The van der Waals surface area contributed by atoms with Gasteiger partial charge in [-0.1, -0.05) is 74.5 Å². The molecule has 0 saturated heterocycles. The third kappa shape index (κ3) is 3.68. The fourth-order valence-corrected chi connectivity index (χ4v) is 2.51. The molecule has 0 spiro atoms. The monoisotopic (exact) mass is 253 g/mol. The van der Waals surface area contributed by atoms with Crippen LogP contribution in [0, 0.1) is 5.92 Å². The molecule has 0 aliphatic heterocycles. The first kappa shape index (κ1) is 13.8. The fraction of sp³-hybridized carbons (Fsp3) is 0.333. The van der Waals surface area contributed by atoms with Gasteiger partial charge < -0.3 is 5.73 Å². The summed E-state index contributed by atoms with van der Waals surface area (Å²) in [6.45, 7) is 4.40. The third-order valence-corrected chi connectivity index (χ3v) is 3.76. The van der Waals surface area contributed by atoms with Gasteiger partial charge in [0.25, 0.3) is 0 Å². The highest BCUT2D eigenvalue weighted by Gasteiger charge is 2.22. The number of hydrogen-bond acceptors (Lipinski definition) is 1. The number of benzene rings is 2. The molecule has 1 nitrogen and oxygen atoms in total. The van der Waals surface area contributed by atoms with Crippen LogP contribution in [-0.2, 0) is 6.42 Å². The van der Waals surface area contributed by atoms with Crippen molar-refractivity contribution < 1.29 is 0 Å². The van der Waals surface area contributed by atoms with Gasteiger partial charge in [0.15, 0.2) is 0 Å². The SMILES string of the molecule is CC(C)C(N)C(Cc1ccccc1)c1ccccc1. The summed E-state index contributed by atoms with van der Waals surface area (Å²) in [7, 11) is 0. The molecule has 0 aromatic heterocycles. The van der Waals surface area contributed by atoms with Gasteiger partial charge in [-0.25, -0.2) is 0 Å². The molecule has 2 N–H and O–H groups in total. The smallest absolute Gasteiger partial charge is 0.0134 e. The lowest BCUT2D eigenvalue weighted by atomic mass is 9.81. The summed E-state index contributed by atoms with van der Waals surface area (Å²) in [6.07, 6.45) is 1.00. The maximum atomic E-state index is 6.44. The van der Waals surface area contributed by atoms with Gasteiger partial charge in [-0.2, -0.15) is 0 Å². The van der Waals surface area contributed by atoms with E-state index < -0.39 is 0 Å². The molecule has 0 heterocycles. The first-order chi connectivity index (χ1) is 9.18. The molecular weight excluding hydrogens is 230 g/mol. The average Bonchev–Trinajstić information content (AvgIpc) is 2.46. The quantitative estimate of drug-likeness (QED) is 0.856. The van der Waals surface area contributed by atoms with E-state index in [-0.39, 0.29) is 6.04 Å². The Balaban J connectivity index is 2.25. The maximum absolute atomic E-state index is 6.44. The predicted octanol–water partition coefficient (Wildman–Crippen LogP) is 4.00. The van der Waals surface area contributed by atoms with Gasteiger partial charge in [0.2, 0.25) is 0 Å². The number of rotatable bonds is 5. The zero-order valence-electron chi connectivity index (χ0n) is 11.8. The summed E-state index contributed by atoms with van der Waals surface area (Å²) in [6, 6.07) is 21.4. The average molecular weight is 253 g/mol. The molecule has 19 heavy (non-hydrogen) atoms. The first-order valence-electron chi connectivity index (χ1n) is 7.03. The van der Waals surface area contributed by atoms with Crippen LogP contribution in [0.1, 0.15) is 30.9 Å². The summed E-state index contributed by atoms with van der Waals surface area (Å²) >= 11 is 0. The van der Waals surface area contributed by atoms with Crippen LogP contribution in [0.25, 0.3) is 0 Å². The fourth-order valence-electron chi connectivity index (χ4n) is 2.51. The highest BCUT2D eigenvalue weighted by Crippen LogP contribution is 2.26. The summed E-state index contributed by atoms with van der Waals surface area (Å²) in [5.74, 6) is 0.859. The summed E-state index contributed by atoms with van der Waals surface area (Å²) in [4.78, 5) is 0. The number of nitrogens with two attached hydrogens (primary N) is 1. The largest absolute Gasteiger partial charge is 0.327 e. The van der Waals surface area contributed by atoms with Crippen molar-refractivity contribution in [2.75, 3.05) is 0 Å². The Morgan fingerprint density at radius 1 is 0.842 bits per heavy atom. The Bertz CT molecular complexity index is 476. The lowest BCUT2D eigenvalue weighted by molar-refractivity contribution is 0.414. The second-order valence-electron chi connectivity index (χ2n) is 5.53. The molecular formula is C18H23N. The molecule has 2 aromatic carbocycles. The minimum Gasteiger partial charge on any atom is -0.327 e. The summed E-state index contributed by atoms with van der Waals surface area (Å²) < 4.78 is 0. The highest BCUT2D eigenvalue weighted by atomic mass is 14.7. The molecule has 1 heteroatoms. The van der Waals surface area contributed by atoms with Gasteiger partial charge >= 0.3 is 0 Å². The van der Waals surface area contributed by atoms with Gasteiger partial charge in [0.1, 0.15) is 0 Å². The van der Waals surface area contributed by atoms with Crippen LogP contribution >= 0.6 is 0 Å². The van der Waals surface area contributed by atoms with Crippen LogP contribution < -0.4 is 5.73 Å². The van der Waals surface area contributed by atoms with E-state index >= 15 is 0 Å². The van der Waals surface area contributed by atoms with Crippen molar-refractivity contribution >= 4 is 0 Å². The lowest BCUT2D eigenvalue weighted by Crippen LogP contribution is -2.34. The second kappa shape index (κ2) is 6.53. The van der Waals surface area contributed by atoms with Crippen molar-refractivity contribution in [3.63, 3.8) is 0 Å². The topological polar surface area (TPSA) is 26.0 Å². The highest BCUT2D eigenvalue weighted by molar-refractivity contribution is 5.26. The van der Waals surface area contributed by atoms with Crippen molar-refractivity contribution in [3.05, 3.63) is 71.8 Å². The van der Waals surface area contributed by atoms with Crippen LogP contribution in [-0.4, -0.2) is 6.04 Å². The standard InChI is InChI=1S/C18H23N/c1-14(2)18(19)17(16-11-7-4-8-12-16)13-15-9-5-3-6-10-15/h3-12,14,17-18H,13,19H2,1-2H3. The van der Waals surface area contributed by atoms with Crippen molar-refractivity contribution in [3.8, 4) is 0 Å². The maximum Gasteiger partial charge on any atom is 0.0134 e. The Hall–Kier alpha value is -1.60. The van der Waals surface area contributed by atoms with Crippen LogP contribution in [0.3, 0.4) is 0 Å². The zero-order valence-corrected chi connectivity index (χ0v) is 11.8.